The summed E-state index contributed by atoms with van der Waals surface area (Å²) in [6, 6.07) is 7.15. The Hall–Kier alpha value is -3.12. The first kappa shape index (κ1) is 21.1. The number of thiophene rings is 1. The van der Waals surface area contributed by atoms with Crippen LogP contribution in [0.5, 0.6) is 0 Å². The number of hydrogen-bond donors (Lipinski definition) is 1. The van der Waals surface area contributed by atoms with Crippen LogP contribution in [-0.2, 0) is 38.0 Å². The third-order valence-corrected chi connectivity index (χ3v) is 7.64. The Morgan fingerprint density at radius 2 is 2.03 bits per heavy atom. The fourth-order valence-electron chi connectivity index (χ4n) is 3.33. The normalized spacial score (nSPS) is 14.6. The van der Waals surface area contributed by atoms with Gasteiger partial charge in [0.2, 0.25) is 5.91 Å². The first-order valence-electron chi connectivity index (χ1n) is 9.50. The lowest BCUT2D eigenvalue weighted by Gasteiger charge is -2.13. The molecule has 3 aromatic rings. The molecule has 0 atom stereocenters. The molecule has 0 spiro atoms. The minimum absolute atomic E-state index is 0.0236. The van der Waals surface area contributed by atoms with Gasteiger partial charge in [-0.25, -0.2) is 17.9 Å². The van der Waals surface area contributed by atoms with E-state index in [2.05, 4.69) is 20.8 Å². The van der Waals surface area contributed by atoms with Gasteiger partial charge in [0.05, 0.1) is 35.8 Å². The van der Waals surface area contributed by atoms with Gasteiger partial charge in [-0.1, -0.05) is 12.1 Å². The van der Waals surface area contributed by atoms with E-state index in [0.29, 0.717) is 15.4 Å². The standard InChI is InChI=1S/C19H19N5O5S2/c1-2-29-19(26)17-14-7-8-31(27,28)10-15(14)30-18(17)21-16(25)9-12-3-5-13(6-4-12)24-11-20-22-23-24/h3-6,11H,2,7-10H2,1H3,(H,21,25). The van der Waals surface area contributed by atoms with Crippen LogP contribution in [0.4, 0.5) is 5.00 Å². The molecule has 0 aliphatic carbocycles. The summed E-state index contributed by atoms with van der Waals surface area (Å²) >= 11 is 1.12. The molecule has 10 nitrogen and oxygen atoms in total. The largest absolute Gasteiger partial charge is 0.462 e. The van der Waals surface area contributed by atoms with Crippen molar-refractivity contribution < 1.29 is 22.7 Å². The minimum Gasteiger partial charge on any atom is -0.462 e. The highest BCUT2D eigenvalue weighted by atomic mass is 32.2. The Bertz CT molecular complexity index is 1220. The predicted molar refractivity (Wildman–Crippen MR) is 113 cm³/mol. The highest BCUT2D eigenvalue weighted by Crippen LogP contribution is 2.38. The first-order valence-corrected chi connectivity index (χ1v) is 12.1. The summed E-state index contributed by atoms with van der Waals surface area (Å²) in [7, 11) is -3.21. The van der Waals surface area contributed by atoms with E-state index in [4.69, 9.17) is 4.74 Å². The summed E-state index contributed by atoms with van der Waals surface area (Å²) in [5, 5.41) is 14.1. The Morgan fingerprint density at radius 1 is 1.26 bits per heavy atom. The molecule has 31 heavy (non-hydrogen) atoms. The molecule has 1 N–H and O–H groups in total. The molecule has 1 aliphatic rings. The highest BCUT2D eigenvalue weighted by Gasteiger charge is 2.32. The van der Waals surface area contributed by atoms with Crippen molar-refractivity contribution in [1.29, 1.82) is 0 Å². The summed E-state index contributed by atoms with van der Waals surface area (Å²) < 4.78 is 30.6. The number of fused-ring (bicyclic) bond motifs is 1. The molecule has 1 aromatic carbocycles. The second-order valence-corrected chi connectivity index (χ2v) is 10.2. The van der Waals surface area contributed by atoms with Gasteiger partial charge in [0.1, 0.15) is 11.3 Å². The number of nitrogens with one attached hydrogen (secondary N) is 1. The van der Waals surface area contributed by atoms with Crippen LogP contribution in [-0.4, -0.2) is 52.9 Å². The van der Waals surface area contributed by atoms with Gasteiger partial charge in [0.15, 0.2) is 9.84 Å². The highest BCUT2D eigenvalue weighted by molar-refractivity contribution is 7.90. The number of ether oxygens (including phenoxy) is 1. The smallest absolute Gasteiger partial charge is 0.341 e. The number of carbonyl (C=O) groups is 2. The molecule has 4 rings (SSSR count). The van der Waals surface area contributed by atoms with Crippen LogP contribution in [0.2, 0.25) is 0 Å². The number of hydrogen-bond acceptors (Lipinski definition) is 9. The second kappa shape index (κ2) is 8.55. The molecule has 2 aromatic heterocycles. The van der Waals surface area contributed by atoms with Crippen LogP contribution in [0.3, 0.4) is 0 Å². The van der Waals surface area contributed by atoms with Gasteiger partial charge in [-0.3, -0.25) is 4.79 Å². The van der Waals surface area contributed by atoms with Crippen LogP contribution >= 0.6 is 11.3 Å². The summed E-state index contributed by atoms with van der Waals surface area (Å²) in [4.78, 5) is 25.8. The van der Waals surface area contributed by atoms with Crippen molar-refractivity contribution in [2.45, 2.75) is 25.5 Å². The topological polar surface area (TPSA) is 133 Å². The Kier molecular flexibility index (Phi) is 5.83. The summed E-state index contributed by atoms with van der Waals surface area (Å²) in [5.74, 6) is -1.03. The number of aromatic nitrogens is 4. The molecule has 3 heterocycles. The van der Waals surface area contributed by atoms with Gasteiger partial charge in [-0.2, -0.15) is 0 Å². The maximum atomic E-state index is 12.7. The fraction of sp³-hybridized carbons (Fsp3) is 0.316. The molecule has 1 amide bonds. The molecule has 0 bridgehead atoms. The van der Waals surface area contributed by atoms with Gasteiger partial charge in [0.25, 0.3) is 0 Å². The summed E-state index contributed by atoms with van der Waals surface area (Å²) in [6.45, 7) is 1.88. The number of amides is 1. The fourth-order valence-corrected chi connectivity index (χ4v) is 6.39. The number of sulfone groups is 1. The molecule has 12 heteroatoms. The monoisotopic (exact) mass is 461 g/mol. The lowest BCUT2D eigenvalue weighted by molar-refractivity contribution is -0.115. The van der Waals surface area contributed by atoms with E-state index in [1.54, 1.807) is 31.2 Å². The quantitative estimate of drug-likeness (QED) is 0.547. The van der Waals surface area contributed by atoms with Crippen molar-refractivity contribution in [3.05, 3.63) is 52.2 Å². The van der Waals surface area contributed by atoms with Crippen molar-refractivity contribution in [2.24, 2.45) is 0 Å². The number of rotatable bonds is 6. The van der Waals surface area contributed by atoms with Crippen LogP contribution in [0.1, 0.15) is 33.3 Å². The molecular formula is C19H19N5O5S2. The van der Waals surface area contributed by atoms with Crippen molar-refractivity contribution in [2.75, 3.05) is 17.7 Å². The molecule has 1 aliphatic heterocycles. The third-order valence-electron chi connectivity index (χ3n) is 4.75. The zero-order valence-corrected chi connectivity index (χ0v) is 18.2. The maximum Gasteiger partial charge on any atom is 0.341 e. The maximum absolute atomic E-state index is 12.7. The number of benzene rings is 1. The molecule has 162 valence electrons. The van der Waals surface area contributed by atoms with Crippen LogP contribution in [0.15, 0.2) is 30.6 Å². The Balaban J connectivity index is 1.53. The van der Waals surface area contributed by atoms with Crippen LogP contribution in [0.25, 0.3) is 5.69 Å². The van der Waals surface area contributed by atoms with E-state index in [9.17, 15) is 18.0 Å². The molecular weight excluding hydrogens is 442 g/mol. The van der Waals surface area contributed by atoms with Crippen LogP contribution in [0, 0.1) is 0 Å². The van der Waals surface area contributed by atoms with E-state index in [1.165, 1.54) is 11.0 Å². The average molecular weight is 462 g/mol. The van der Waals surface area contributed by atoms with Gasteiger partial charge >= 0.3 is 5.97 Å². The van der Waals surface area contributed by atoms with E-state index in [0.717, 1.165) is 22.6 Å². The second-order valence-electron chi connectivity index (χ2n) is 6.92. The Morgan fingerprint density at radius 3 is 2.71 bits per heavy atom. The third kappa shape index (κ3) is 4.64. The molecule has 0 fully saturated rings. The van der Waals surface area contributed by atoms with E-state index < -0.39 is 15.8 Å². The van der Waals surface area contributed by atoms with Crippen molar-refractivity contribution in [3.63, 3.8) is 0 Å². The SMILES string of the molecule is CCOC(=O)c1c(NC(=O)Cc2ccc(-n3cnnn3)cc2)sc2c1CCS(=O)(=O)C2. The average Bonchev–Trinajstić information content (AvgIpc) is 3.35. The van der Waals surface area contributed by atoms with E-state index >= 15 is 0 Å². The summed E-state index contributed by atoms with van der Waals surface area (Å²) in [6.07, 6.45) is 1.78. The van der Waals surface area contributed by atoms with Crippen molar-refractivity contribution >= 4 is 38.1 Å². The molecule has 0 saturated carbocycles. The minimum atomic E-state index is -3.21. The predicted octanol–water partition coefficient (Wildman–Crippen LogP) is 1.55. The lowest BCUT2D eigenvalue weighted by Crippen LogP contribution is -2.20. The molecule has 0 saturated heterocycles. The van der Waals surface area contributed by atoms with Crippen LogP contribution < -0.4 is 5.32 Å². The first-order chi connectivity index (χ1) is 14.9. The number of esters is 1. The van der Waals surface area contributed by atoms with Crippen molar-refractivity contribution in [1.82, 2.24) is 20.2 Å². The number of anilines is 1. The lowest BCUT2D eigenvalue weighted by atomic mass is 10.1. The van der Waals surface area contributed by atoms with Gasteiger partial charge in [-0.15, -0.1) is 16.4 Å². The molecule has 0 unspecified atom stereocenters. The van der Waals surface area contributed by atoms with E-state index in [1.807, 2.05) is 0 Å². The van der Waals surface area contributed by atoms with Crippen molar-refractivity contribution in [3.8, 4) is 5.69 Å². The van der Waals surface area contributed by atoms with E-state index in [-0.39, 0.29) is 42.4 Å². The zero-order chi connectivity index (χ0) is 22.0. The van der Waals surface area contributed by atoms with Gasteiger partial charge in [0, 0.05) is 4.88 Å². The van der Waals surface area contributed by atoms with Gasteiger partial charge in [-0.05, 0) is 47.0 Å². The number of tetrazole rings is 1. The van der Waals surface area contributed by atoms with Gasteiger partial charge < -0.3 is 10.1 Å². The number of nitrogens with zero attached hydrogens (tertiary/aromatic N) is 4. The summed E-state index contributed by atoms with van der Waals surface area (Å²) in [5.41, 5.74) is 2.43. The number of carbonyl (C=O) groups excluding carboxylic acids is 2. The Labute approximate surface area is 182 Å². The molecule has 0 radical (unpaired) electrons. The zero-order valence-electron chi connectivity index (χ0n) is 16.6.